The van der Waals surface area contributed by atoms with Gasteiger partial charge in [0.05, 0.1) is 5.56 Å². The number of rotatable bonds is 1. The van der Waals surface area contributed by atoms with Crippen molar-refractivity contribution in [2.45, 2.75) is 12.6 Å². The fourth-order valence-electron chi connectivity index (χ4n) is 1.56. The van der Waals surface area contributed by atoms with Gasteiger partial charge in [0.2, 0.25) is 0 Å². The third-order valence-corrected chi connectivity index (χ3v) is 2.33. The van der Waals surface area contributed by atoms with E-state index in [4.69, 9.17) is 0 Å². The van der Waals surface area contributed by atoms with Gasteiger partial charge in [0, 0.05) is 0 Å². The number of allylic oxidation sites excluding steroid dienone is 4. The first-order valence-electron chi connectivity index (χ1n) is 4.61. The Balaban J connectivity index is 2.35. The van der Waals surface area contributed by atoms with Crippen LogP contribution in [0.5, 0.6) is 0 Å². The summed E-state index contributed by atoms with van der Waals surface area (Å²) >= 11 is 0. The van der Waals surface area contributed by atoms with Crippen molar-refractivity contribution < 1.29 is 13.2 Å². The van der Waals surface area contributed by atoms with Crippen LogP contribution in [0.4, 0.5) is 13.2 Å². The first-order valence-corrected chi connectivity index (χ1v) is 4.61. The van der Waals surface area contributed by atoms with Crippen LogP contribution in [0.1, 0.15) is 17.5 Å². The molecule has 0 fully saturated rings. The number of alkyl halides is 3. The highest BCUT2D eigenvalue weighted by molar-refractivity contribution is 5.71. The molecule has 0 aliphatic heterocycles. The molecule has 78 valence electrons. The zero-order valence-electron chi connectivity index (χ0n) is 7.88. The fraction of sp³-hybridized carbons (Fsp3) is 0.167. The highest BCUT2D eigenvalue weighted by atomic mass is 19.4. The highest BCUT2D eigenvalue weighted by Gasteiger charge is 2.30. The lowest BCUT2D eigenvalue weighted by Crippen LogP contribution is -2.04. The molecule has 0 saturated carbocycles. The van der Waals surface area contributed by atoms with E-state index >= 15 is 0 Å². The summed E-state index contributed by atoms with van der Waals surface area (Å²) in [5, 5.41) is 0. The van der Waals surface area contributed by atoms with E-state index in [0.717, 1.165) is 11.6 Å². The summed E-state index contributed by atoms with van der Waals surface area (Å²) in [5.41, 5.74) is 0.990. The molecule has 0 nitrogen and oxygen atoms in total. The maximum absolute atomic E-state index is 12.4. The van der Waals surface area contributed by atoms with E-state index in [1.807, 2.05) is 18.2 Å². The summed E-state index contributed by atoms with van der Waals surface area (Å²) in [6.45, 7) is 0. The maximum Gasteiger partial charge on any atom is 0.416 e. The molecule has 1 aromatic rings. The Labute approximate surface area is 85.7 Å². The minimum atomic E-state index is -4.26. The van der Waals surface area contributed by atoms with E-state index in [9.17, 15) is 13.2 Å². The van der Waals surface area contributed by atoms with Gasteiger partial charge in [-0.1, -0.05) is 30.4 Å². The second kappa shape index (κ2) is 3.57. The van der Waals surface area contributed by atoms with E-state index in [2.05, 4.69) is 0 Å². The smallest absolute Gasteiger partial charge is 0.166 e. The van der Waals surface area contributed by atoms with Crippen LogP contribution >= 0.6 is 0 Å². The molecule has 0 atom stereocenters. The number of hydrogen-bond acceptors (Lipinski definition) is 0. The van der Waals surface area contributed by atoms with Gasteiger partial charge in [0.1, 0.15) is 0 Å². The summed E-state index contributed by atoms with van der Waals surface area (Å²) in [7, 11) is 0. The van der Waals surface area contributed by atoms with Crippen LogP contribution < -0.4 is 0 Å². The number of hydrogen-bond donors (Lipinski definition) is 0. The fourth-order valence-corrected chi connectivity index (χ4v) is 1.56. The predicted octanol–water partition coefficient (Wildman–Crippen LogP) is 4.05. The lowest BCUT2D eigenvalue weighted by molar-refractivity contribution is -0.137. The van der Waals surface area contributed by atoms with E-state index in [-0.39, 0.29) is 0 Å². The highest BCUT2D eigenvalue weighted by Crippen LogP contribution is 2.32. The maximum atomic E-state index is 12.4. The van der Waals surface area contributed by atoms with Gasteiger partial charge in [0.15, 0.2) is 0 Å². The van der Waals surface area contributed by atoms with Crippen LogP contribution in [0.25, 0.3) is 5.57 Å². The summed E-state index contributed by atoms with van der Waals surface area (Å²) in [6, 6.07) is 5.43. The molecule has 3 heteroatoms. The van der Waals surface area contributed by atoms with Gasteiger partial charge in [0.25, 0.3) is 0 Å². The minimum Gasteiger partial charge on any atom is -0.166 e. The van der Waals surface area contributed by atoms with Gasteiger partial charge in [-0.25, -0.2) is 0 Å². The normalized spacial score (nSPS) is 15.5. The van der Waals surface area contributed by atoms with E-state index in [1.54, 1.807) is 6.07 Å². The molecule has 0 bridgehead atoms. The molecule has 0 unspecified atom stereocenters. The van der Waals surface area contributed by atoms with Crippen molar-refractivity contribution in [2.75, 3.05) is 0 Å². The van der Waals surface area contributed by atoms with Gasteiger partial charge in [-0.05, 0) is 29.7 Å². The molecule has 0 heterocycles. The second-order valence-electron chi connectivity index (χ2n) is 3.40. The molecule has 0 saturated heterocycles. The molecule has 2 rings (SSSR count). The largest absolute Gasteiger partial charge is 0.416 e. The summed E-state index contributed by atoms with van der Waals surface area (Å²) in [4.78, 5) is 0. The molecule has 15 heavy (non-hydrogen) atoms. The summed E-state index contributed by atoms with van der Waals surface area (Å²) in [6.07, 6.45) is 2.07. The molecular weight excluding hydrogens is 201 g/mol. The lowest BCUT2D eigenvalue weighted by atomic mass is 10.0. The van der Waals surface area contributed by atoms with Crippen molar-refractivity contribution in [3.8, 4) is 0 Å². The second-order valence-corrected chi connectivity index (χ2v) is 3.40. The van der Waals surface area contributed by atoms with Crippen molar-refractivity contribution in [1.82, 2.24) is 0 Å². The molecule has 0 N–H and O–H groups in total. The van der Waals surface area contributed by atoms with Crippen molar-refractivity contribution in [3.05, 3.63) is 53.6 Å². The van der Waals surface area contributed by atoms with Crippen molar-refractivity contribution in [2.24, 2.45) is 0 Å². The Morgan fingerprint density at radius 1 is 1.13 bits per heavy atom. The number of benzene rings is 1. The Morgan fingerprint density at radius 2 is 1.93 bits per heavy atom. The van der Waals surface area contributed by atoms with E-state index < -0.39 is 11.7 Å². The van der Waals surface area contributed by atoms with Gasteiger partial charge in [-0.3, -0.25) is 0 Å². The molecule has 0 spiro atoms. The molecule has 0 amide bonds. The molecule has 1 aromatic carbocycles. The Morgan fingerprint density at radius 3 is 2.53 bits per heavy atom. The van der Waals surface area contributed by atoms with Crippen molar-refractivity contribution in [1.29, 1.82) is 0 Å². The third-order valence-electron chi connectivity index (χ3n) is 2.33. The van der Waals surface area contributed by atoms with E-state index in [1.165, 1.54) is 12.1 Å². The lowest BCUT2D eigenvalue weighted by Gasteiger charge is -2.09. The average Bonchev–Trinajstić information content (AvgIpc) is 2.69. The molecule has 1 aliphatic rings. The van der Waals surface area contributed by atoms with Crippen LogP contribution in [0.2, 0.25) is 0 Å². The van der Waals surface area contributed by atoms with Gasteiger partial charge in [-0.15, -0.1) is 0 Å². The number of halogens is 3. The summed E-state index contributed by atoms with van der Waals surface area (Å²) in [5.74, 6) is 0. The van der Waals surface area contributed by atoms with Crippen molar-refractivity contribution in [3.63, 3.8) is 0 Å². The standard InChI is InChI=1S/C12H9F3/c13-12(14,15)11-7-3-6-10(8-11)9-4-1-2-5-9/h1-4,6-8H,5H2. The Kier molecular flexibility index (Phi) is 2.39. The van der Waals surface area contributed by atoms with Crippen LogP contribution in [-0.2, 0) is 6.18 Å². The monoisotopic (exact) mass is 210 g/mol. The molecule has 0 aromatic heterocycles. The van der Waals surface area contributed by atoms with Crippen LogP contribution in [0, 0.1) is 0 Å². The first-order chi connectivity index (χ1) is 7.07. The predicted molar refractivity (Wildman–Crippen MR) is 53.2 cm³/mol. The molecular formula is C12H9F3. The van der Waals surface area contributed by atoms with Crippen LogP contribution in [0.3, 0.4) is 0 Å². The van der Waals surface area contributed by atoms with Crippen LogP contribution in [0.15, 0.2) is 42.5 Å². The third kappa shape index (κ3) is 2.12. The Bertz CT molecular complexity index is 425. The zero-order valence-corrected chi connectivity index (χ0v) is 7.88. The van der Waals surface area contributed by atoms with E-state index in [0.29, 0.717) is 12.0 Å². The van der Waals surface area contributed by atoms with Gasteiger partial charge in [-0.2, -0.15) is 13.2 Å². The van der Waals surface area contributed by atoms with Gasteiger partial charge >= 0.3 is 6.18 Å². The van der Waals surface area contributed by atoms with Gasteiger partial charge < -0.3 is 0 Å². The Hall–Kier alpha value is -1.51. The molecule has 0 radical (unpaired) electrons. The topological polar surface area (TPSA) is 0 Å². The quantitative estimate of drug-likeness (QED) is 0.656. The molecule has 1 aliphatic carbocycles. The zero-order chi connectivity index (χ0) is 10.9. The van der Waals surface area contributed by atoms with Crippen LogP contribution in [-0.4, -0.2) is 0 Å². The van der Waals surface area contributed by atoms with Crippen molar-refractivity contribution >= 4 is 5.57 Å². The first kappa shape index (κ1) is 10.0. The SMILES string of the molecule is FC(F)(F)c1cccc(C2=CC=CC2)c1. The average molecular weight is 210 g/mol. The minimum absolute atomic E-state index is 0.590. The summed E-state index contributed by atoms with van der Waals surface area (Å²) < 4.78 is 37.3.